The van der Waals surface area contributed by atoms with E-state index in [-0.39, 0.29) is 6.61 Å². The molecule has 3 rings (SSSR count). The standard InChI is InChI=1S/C15H16N4O8/c1-8(20)24-13-11(17-18-16)15(27-19(21)22)25-10-7-23-14(26-12(10)13)9-5-3-2-4-6-9/h2-6,10-15H,7H2,1H3/t10-,11-,12-,13-,14?,15+/m1/s1. The van der Waals surface area contributed by atoms with E-state index in [2.05, 4.69) is 14.9 Å². The quantitative estimate of drug-likeness (QED) is 0.186. The lowest BCUT2D eigenvalue weighted by molar-refractivity contribution is -0.784. The van der Waals surface area contributed by atoms with Crippen molar-refractivity contribution in [1.29, 1.82) is 0 Å². The summed E-state index contributed by atoms with van der Waals surface area (Å²) in [6.45, 7) is 1.16. The highest BCUT2D eigenvalue weighted by Crippen LogP contribution is 2.36. The van der Waals surface area contributed by atoms with Crippen LogP contribution in [0.3, 0.4) is 0 Å². The topological polar surface area (TPSA) is 155 Å². The second-order valence-corrected chi connectivity index (χ2v) is 5.82. The van der Waals surface area contributed by atoms with E-state index < -0.39 is 48.0 Å². The van der Waals surface area contributed by atoms with Crippen LogP contribution in [0.25, 0.3) is 10.4 Å². The summed E-state index contributed by atoms with van der Waals surface area (Å²) in [5.74, 6) is -0.676. The molecule has 0 radical (unpaired) electrons. The molecule has 2 saturated heterocycles. The summed E-state index contributed by atoms with van der Waals surface area (Å²) in [7, 11) is 0. The normalized spacial score (nSPS) is 32.5. The predicted molar refractivity (Wildman–Crippen MR) is 85.2 cm³/mol. The smallest absolute Gasteiger partial charge is 0.303 e. The summed E-state index contributed by atoms with van der Waals surface area (Å²) in [4.78, 5) is 29.4. The number of hydrogen-bond acceptors (Lipinski definition) is 9. The molecular formula is C15H16N4O8. The maximum absolute atomic E-state index is 11.6. The molecule has 0 bridgehead atoms. The summed E-state index contributed by atoms with van der Waals surface area (Å²) in [6.07, 6.45) is -5.20. The highest BCUT2D eigenvalue weighted by molar-refractivity contribution is 5.66. The molecule has 1 unspecified atom stereocenters. The summed E-state index contributed by atoms with van der Waals surface area (Å²) in [5, 5.41) is 13.1. The first-order valence-electron chi connectivity index (χ1n) is 7.99. The van der Waals surface area contributed by atoms with E-state index >= 15 is 0 Å². The van der Waals surface area contributed by atoms with Gasteiger partial charge < -0.3 is 18.9 Å². The Morgan fingerprint density at radius 1 is 1.37 bits per heavy atom. The van der Waals surface area contributed by atoms with Gasteiger partial charge in [-0.05, 0) is 5.53 Å². The molecule has 1 aromatic rings. The second-order valence-electron chi connectivity index (χ2n) is 5.82. The van der Waals surface area contributed by atoms with E-state index in [9.17, 15) is 14.9 Å². The van der Waals surface area contributed by atoms with Gasteiger partial charge in [-0.1, -0.05) is 35.4 Å². The van der Waals surface area contributed by atoms with Crippen molar-refractivity contribution in [2.24, 2.45) is 5.11 Å². The minimum absolute atomic E-state index is 0.00253. The van der Waals surface area contributed by atoms with Crippen molar-refractivity contribution in [2.75, 3.05) is 6.61 Å². The Kier molecular flexibility index (Phi) is 5.72. The van der Waals surface area contributed by atoms with Crippen molar-refractivity contribution in [3.63, 3.8) is 0 Å². The van der Waals surface area contributed by atoms with Gasteiger partial charge in [-0.3, -0.25) is 9.63 Å². The largest absolute Gasteiger partial charge is 0.459 e. The number of carbonyl (C=O) groups is 1. The summed E-state index contributed by atoms with van der Waals surface area (Å²) < 4.78 is 22.3. The Hall–Kier alpha value is -2.92. The van der Waals surface area contributed by atoms with E-state index in [0.29, 0.717) is 0 Å². The van der Waals surface area contributed by atoms with Gasteiger partial charge in [0.2, 0.25) is 6.29 Å². The van der Waals surface area contributed by atoms with E-state index in [0.717, 1.165) is 12.5 Å². The van der Waals surface area contributed by atoms with Crippen LogP contribution in [0.1, 0.15) is 18.8 Å². The summed E-state index contributed by atoms with van der Waals surface area (Å²) in [6, 6.07) is 7.70. The van der Waals surface area contributed by atoms with Gasteiger partial charge in [0, 0.05) is 17.4 Å². The lowest BCUT2D eigenvalue weighted by atomic mass is 9.96. The van der Waals surface area contributed by atoms with Crippen molar-refractivity contribution in [2.45, 2.75) is 43.9 Å². The molecule has 12 heteroatoms. The SMILES string of the molecule is CC(=O)O[C@@H]1[C@@H](N=[N+]=[N-])[C@H](O[N+](=O)[O-])O[C@@H]2COC(c3ccccc3)O[C@@H]12. The van der Waals surface area contributed by atoms with E-state index in [1.807, 2.05) is 6.07 Å². The third-order valence-electron chi connectivity index (χ3n) is 4.06. The number of azide groups is 1. The van der Waals surface area contributed by atoms with Gasteiger partial charge in [0.05, 0.1) is 6.61 Å². The third-order valence-corrected chi connectivity index (χ3v) is 4.06. The Bertz CT molecular complexity index is 741. The monoisotopic (exact) mass is 380 g/mol. The lowest BCUT2D eigenvalue weighted by Gasteiger charge is -2.46. The Morgan fingerprint density at radius 2 is 2.11 bits per heavy atom. The second kappa shape index (κ2) is 8.18. The van der Waals surface area contributed by atoms with Gasteiger partial charge >= 0.3 is 5.97 Å². The molecule has 0 saturated carbocycles. The zero-order valence-corrected chi connectivity index (χ0v) is 14.1. The van der Waals surface area contributed by atoms with Gasteiger partial charge in [0.25, 0.3) is 5.09 Å². The van der Waals surface area contributed by atoms with Crippen LogP contribution in [0.15, 0.2) is 35.4 Å². The minimum Gasteiger partial charge on any atom is -0.459 e. The number of benzene rings is 1. The summed E-state index contributed by atoms with van der Waals surface area (Å²) in [5.41, 5.74) is 9.54. The number of hydrogen-bond donors (Lipinski definition) is 0. The molecule has 144 valence electrons. The molecule has 27 heavy (non-hydrogen) atoms. The molecule has 6 atom stereocenters. The molecule has 2 aliphatic rings. The van der Waals surface area contributed by atoms with Gasteiger partial charge in [0.1, 0.15) is 24.4 Å². The number of ether oxygens (including phenoxy) is 4. The van der Waals surface area contributed by atoms with Crippen LogP contribution in [0, 0.1) is 10.1 Å². The van der Waals surface area contributed by atoms with Crippen LogP contribution in [-0.4, -0.2) is 48.3 Å². The highest BCUT2D eigenvalue weighted by atomic mass is 17.0. The first-order chi connectivity index (χ1) is 13.0. The Balaban J connectivity index is 1.89. The van der Waals surface area contributed by atoms with Gasteiger partial charge in [-0.2, -0.15) is 0 Å². The van der Waals surface area contributed by atoms with Gasteiger partial charge in [0.15, 0.2) is 6.29 Å². The Morgan fingerprint density at radius 3 is 2.74 bits per heavy atom. The maximum atomic E-state index is 11.6. The van der Waals surface area contributed by atoms with Crippen molar-refractivity contribution < 1.29 is 33.7 Å². The molecule has 0 spiro atoms. The van der Waals surface area contributed by atoms with Crippen LogP contribution in [0.2, 0.25) is 0 Å². The average molecular weight is 380 g/mol. The number of nitrogens with zero attached hydrogens (tertiary/aromatic N) is 4. The molecule has 1 aromatic carbocycles. The molecule has 12 nitrogen and oxygen atoms in total. The molecule has 0 N–H and O–H groups in total. The minimum atomic E-state index is -1.57. The summed E-state index contributed by atoms with van der Waals surface area (Å²) >= 11 is 0. The van der Waals surface area contributed by atoms with Crippen molar-refractivity contribution in [3.05, 3.63) is 56.5 Å². The van der Waals surface area contributed by atoms with Gasteiger partial charge in [-0.25, -0.2) is 0 Å². The average Bonchev–Trinajstić information content (AvgIpc) is 2.64. The van der Waals surface area contributed by atoms with Gasteiger partial charge in [-0.15, -0.1) is 10.1 Å². The van der Waals surface area contributed by atoms with Crippen LogP contribution in [0.4, 0.5) is 0 Å². The van der Waals surface area contributed by atoms with Crippen molar-refractivity contribution in [1.82, 2.24) is 0 Å². The predicted octanol–water partition coefficient (Wildman–Crippen LogP) is 1.64. The first-order valence-corrected chi connectivity index (χ1v) is 7.99. The van der Waals surface area contributed by atoms with Crippen LogP contribution < -0.4 is 0 Å². The molecule has 2 aliphatic heterocycles. The number of esters is 1. The molecular weight excluding hydrogens is 364 g/mol. The molecule has 0 aromatic heterocycles. The van der Waals surface area contributed by atoms with Crippen molar-refractivity contribution >= 4 is 5.97 Å². The molecule has 2 heterocycles. The van der Waals surface area contributed by atoms with Crippen LogP contribution >= 0.6 is 0 Å². The highest BCUT2D eigenvalue weighted by Gasteiger charge is 2.52. The zero-order chi connectivity index (χ0) is 19.4. The van der Waals surface area contributed by atoms with Crippen LogP contribution in [-0.2, 0) is 28.6 Å². The molecule has 2 fully saturated rings. The number of fused-ring (bicyclic) bond motifs is 1. The van der Waals surface area contributed by atoms with Crippen LogP contribution in [0.5, 0.6) is 0 Å². The number of rotatable bonds is 5. The zero-order valence-electron chi connectivity index (χ0n) is 14.1. The van der Waals surface area contributed by atoms with E-state index in [1.165, 1.54) is 0 Å². The third kappa shape index (κ3) is 4.26. The van der Waals surface area contributed by atoms with E-state index in [4.69, 9.17) is 24.5 Å². The maximum Gasteiger partial charge on any atom is 0.303 e. The van der Waals surface area contributed by atoms with Crippen molar-refractivity contribution in [3.8, 4) is 0 Å². The first kappa shape index (κ1) is 18.9. The fourth-order valence-corrected chi connectivity index (χ4v) is 3.02. The molecule has 0 amide bonds. The molecule has 0 aliphatic carbocycles. The Labute approximate surface area is 152 Å². The number of carbonyl (C=O) groups excluding carboxylic acids is 1. The lowest BCUT2D eigenvalue weighted by Crippen LogP contribution is -2.62. The fourth-order valence-electron chi connectivity index (χ4n) is 3.02. The fraction of sp³-hybridized carbons (Fsp3) is 0.533. The van der Waals surface area contributed by atoms with E-state index in [1.54, 1.807) is 24.3 Å².